The number of likely N-dealkylation sites (N-methyl/N-ethyl adjacent to an activating group) is 1. The van der Waals surface area contributed by atoms with Gasteiger partial charge in [-0.25, -0.2) is 4.68 Å². The molecule has 1 atom stereocenters. The van der Waals surface area contributed by atoms with Gasteiger partial charge in [0.15, 0.2) is 0 Å². The van der Waals surface area contributed by atoms with Crippen molar-refractivity contribution >= 4 is 11.7 Å². The van der Waals surface area contributed by atoms with Crippen LogP contribution in [0.15, 0.2) is 36.4 Å². The molecule has 146 valence electrons. The smallest absolute Gasteiger partial charge is 0.239 e. The zero-order chi connectivity index (χ0) is 19.4. The van der Waals surface area contributed by atoms with Crippen molar-refractivity contribution in [2.24, 2.45) is 0 Å². The fraction of sp³-hybridized carbons (Fsp3) is 0.524. The van der Waals surface area contributed by atoms with E-state index in [1.807, 2.05) is 48.1 Å². The van der Waals surface area contributed by atoms with Crippen molar-refractivity contribution in [3.8, 4) is 5.69 Å². The lowest BCUT2D eigenvalue weighted by molar-refractivity contribution is -0.117. The lowest BCUT2D eigenvalue weighted by Gasteiger charge is -2.31. The first-order valence-corrected chi connectivity index (χ1v) is 9.72. The van der Waals surface area contributed by atoms with Crippen LogP contribution in [0.4, 0.5) is 5.82 Å². The first-order valence-electron chi connectivity index (χ1n) is 9.72. The van der Waals surface area contributed by atoms with Gasteiger partial charge in [-0.1, -0.05) is 39.0 Å². The molecule has 1 amide bonds. The Morgan fingerprint density at radius 2 is 2.00 bits per heavy atom. The van der Waals surface area contributed by atoms with Gasteiger partial charge in [0.05, 0.1) is 17.9 Å². The number of carbonyl (C=O) groups excluding carboxylic acids is 1. The van der Waals surface area contributed by atoms with Gasteiger partial charge in [-0.3, -0.25) is 9.69 Å². The van der Waals surface area contributed by atoms with Crippen LogP contribution in [-0.2, 0) is 10.2 Å². The summed E-state index contributed by atoms with van der Waals surface area (Å²) < 4.78 is 1.82. The third-order valence-electron chi connectivity index (χ3n) is 5.03. The monoisotopic (exact) mass is 369 g/mol. The van der Waals surface area contributed by atoms with Crippen LogP contribution in [0.2, 0.25) is 0 Å². The van der Waals surface area contributed by atoms with Gasteiger partial charge in [0.1, 0.15) is 5.82 Å². The van der Waals surface area contributed by atoms with E-state index in [1.165, 1.54) is 6.42 Å². The van der Waals surface area contributed by atoms with E-state index in [9.17, 15) is 4.79 Å². The molecule has 2 N–H and O–H groups in total. The molecule has 1 saturated heterocycles. The molecule has 0 aliphatic carbocycles. The zero-order valence-corrected chi connectivity index (χ0v) is 16.8. The van der Waals surface area contributed by atoms with Crippen molar-refractivity contribution in [1.82, 2.24) is 20.0 Å². The number of nitrogens with zero attached hydrogens (tertiary/aromatic N) is 3. The van der Waals surface area contributed by atoms with Crippen LogP contribution in [0.3, 0.4) is 0 Å². The number of hydrogen-bond donors (Lipinski definition) is 2. The molecule has 1 aromatic heterocycles. The van der Waals surface area contributed by atoms with Crippen molar-refractivity contribution in [2.75, 3.05) is 32.0 Å². The van der Waals surface area contributed by atoms with Crippen LogP contribution < -0.4 is 10.6 Å². The summed E-state index contributed by atoms with van der Waals surface area (Å²) in [5.74, 6) is 0.725. The predicted molar refractivity (Wildman–Crippen MR) is 109 cm³/mol. The summed E-state index contributed by atoms with van der Waals surface area (Å²) in [7, 11) is 1.99. The Labute approximate surface area is 161 Å². The highest BCUT2D eigenvalue weighted by Gasteiger charge is 2.23. The lowest BCUT2D eigenvalue weighted by Crippen LogP contribution is -2.47. The predicted octanol–water partition coefficient (Wildman–Crippen LogP) is 2.79. The van der Waals surface area contributed by atoms with E-state index >= 15 is 0 Å². The molecule has 1 unspecified atom stereocenters. The Hall–Kier alpha value is -2.18. The van der Waals surface area contributed by atoms with E-state index in [-0.39, 0.29) is 11.3 Å². The number of rotatable bonds is 5. The largest absolute Gasteiger partial charge is 0.316 e. The highest BCUT2D eigenvalue weighted by molar-refractivity contribution is 5.91. The van der Waals surface area contributed by atoms with E-state index in [4.69, 9.17) is 5.10 Å². The fourth-order valence-corrected chi connectivity index (χ4v) is 3.42. The maximum absolute atomic E-state index is 12.7. The van der Waals surface area contributed by atoms with Gasteiger partial charge in [-0.05, 0) is 38.6 Å². The summed E-state index contributed by atoms with van der Waals surface area (Å²) in [5.41, 5.74) is 1.80. The highest BCUT2D eigenvalue weighted by Crippen LogP contribution is 2.26. The minimum absolute atomic E-state index is 0.00398. The Balaban J connectivity index is 1.77. The summed E-state index contributed by atoms with van der Waals surface area (Å²) in [6.45, 7) is 8.67. The molecule has 27 heavy (non-hydrogen) atoms. The zero-order valence-electron chi connectivity index (χ0n) is 16.8. The van der Waals surface area contributed by atoms with Crippen molar-refractivity contribution in [2.45, 2.75) is 45.1 Å². The molecule has 2 heterocycles. The summed E-state index contributed by atoms with van der Waals surface area (Å²) in [4.78, 5) is 14.9. The number of likely N-dealkylation sites (tertiary alicyclic amines) is 1. The first-order chi connectivity index (χ1) is 12.9. The van der Waals surface area contributed by atoms with Gasteiger partial charge < -0.3 is 10.6 Å². The molecule has 1 fully saturated rings. The Morgan fingerprint density at radius 3 is 2.67 bits per heavy atom. The molecule has 1 aromatic carbocycles. The van der Waals surface area contributed by atoms with E-state index in [2.05, 4.69) is 36.3 Å². The maximum Gasteiger partial charge on any atom is 0.239 e. The summed E-state index contributed by atoms with van der Waals surface area (Å²) >= 11 is 0. The topological polar surface area (TPSA) is 62.2 Å². The molecule has 0 spiro atoms. The second-order valence-electron chi connectivity index (χ2n) is 8.32. The lowest BCUT2D eigenvalue weighted by atomic mass is 9.92. The number of nitrogens with one attached hydrogen (secondary N) is 2. The second-order valence-corrected chi connectivity index (χ2v) is 8.32. The summed E-state index contributed by atoms with van der Waals surface area (Å²) in [6, 6.07) is 12.4. The minimum atomic E-state index is -0.0909. The Kier molecular flexibility index (Phi) is 5.97. The van der Waals surface area contributed by atoms with E-state index in [0.717, 1.165) is 36.7 Å². The number of anilines is 1. The van der Waals surface area contributed by atoms with Gasteiger partial charge in [0, 0.05) is 24.1 Å². The number of piperidine rings is 1. The molecule has 1 aliphatic heterocycles. The number of benzene rings is 1. The van der Waals surface area contributed by atoms with Crippen LogP contribution in [0.1, 0.15) is 39.3 Å². The normalized spacial score (nSPS) is 18.4. The molecule has 0 radical (unpaired) electrons. The molecule has 2 aromatic rings. The number of carbonyl (C=O) groups is 1. The molecule has 6 nitrogen and oxygen atoms in total. The van der Waals surface area contributed by atoms with Crippen molar-refractivity contribution in [3.05, 3.63) is 42.1 Å². The van der Waals surface area contributed by atoms with Crippen molar-refractivity contribution < 1.29 is 4.79 Å². The fourth-order valence-electron chi connectivity index (χ4n) is 3.42. The molecule has 0 saturated carbocycles. The molecular formula is C21H31N5O. The van der Waals surface area contributed by atoms with Gasteiger partial charge in [0.25, 0.3) is 0 Å². The number of aromatic nitrogens is 2. The van der Waals surface area contributed by atoms with Crippen molar-refractivity contribution in [3.63, 3.8) is 0 Å². The SMILES string of the molecule is CNC1CCCN(CC(=O)Nc2cc(C(C)(C)C)nn2-c2ccccc2)C1. The third kappa shape index (κ3) is 4.96. The van der Waals surface area contributed by atoms with Gasteiger partial charge in [0.2, 0.25) is 5.91 Å². The average molecular weight is 370 g/mol. The summed E-state index contributed by atoms with van der Waals surface area (Å²) in [5, 5.41) is 11.2. The summed E-state index contributed by atoms with van der Waals surface area (Å²) in [6.07, 6.45) is 2.29. The van der Waals surface area contributed by atoms with E-state index in [0.29, 0.717) is 12.6 Å². The molecule has 6 heteroatoms. The number of hydrogen-bond acceptors (Lipinski definition) is 4. The Bertz CT molecular complexity index is 763. The average Bonchev–Trinajstić information content (AvgIpc) is 3.06. The van der Waals surface area contributed by atoms with E-state index < -0.39 is 0 Å². The highest BCUT2D eigenvalue weighted by atomic mass is 16.2. The third-order valence-corrected chi connectivity index (χ3v) is 5.03. The number of amides is 1. The van der Waals surface area contributed by atoms with Gasteiger partial charge in [-0.15, -0.1) is 0 Å². The molecular weight excluding hydrogens is 338 g/mol. The van der Waals surface area contributed by atoms with Crippen molar-refractivity contribution in [1.29, 1.82) is 0 Å². The van der Waals surface area contributed by atoms with E-state index in [1.54, 1.807) is 0 Å². The maximum atomic E-state index is 12.7. The van der Waals surface area contributed by atoms with Crippen LogP contribution in [0, 0.1) is 0 Å². The second kappa shape index (κ2) is 8.23. The van der Waals surface area contributed by atoms with Crippen LogP contribution in [-0.4, -0.2) is 53.3 Å². The molecule has 1 aliphatic rings. The van der Waals surface area contributed by atoms with Crippen LogP contribution in [0.5, 0.6) is 0 Å². The standard InChI is InChI=1S/C21H31N5O/c1-21(2,3)18-13-19(26(24-18)17-10-6-5-7-11-17)23-20(27)15-25-12-8-9-16(14-25)22-4/h5-7,10-11,13,16,22H,8-9,12,14-15H2,1-4H3,(H,23,27). The number of para-hydroxylation sites is 1. The molecule has 0 bridgehead atoms. The Morgan fingerprint density at radius 1 is 1.26 bits per heavy atom. The quantitative estimate of drug-likeness (QED) is 0.851. The first kappa shape index (κ1) is 19.6. The van der Waals surface area contributed by atoms with Crippen LogP contribution >= 0.6 is 0 Å². The minimum Gasteiger partial charge on any atom is -0.316 e. The molecule has 3 rings (SSSR count). The van der Waals surface area contributed by atoms with Gasteiger partial charge >= 0.3 is 0 Å². The van der Waals surface area contributed by atoms with Gasteiger partial charge in [-0.2, -0.15) is 5.10 Å². The van der Waals surface area contributed by atoms with Crippen LogP contribution in [0.25, 0.3) is 5.69 Å².